The first-order valence-electron chi connectivity index (χ1n) is 10.2. The number of hydrogen-bond acceptors (Lipinski definition) is 6. The molecule has 2 aromatic heterocycles. The van der Waals surface area contributed by atoms with Crippen molar-refractivity contribution in [3.05, 3.63) is 41.2 Å². The van der Waals surface area contributed by atoms with Gasteiger partial charge in [0, 0.05) is 16.4 Å². The first-order valence-corrected chi connectivity index (χ1v) is 10.6. The fraction of sp³-hybridized carbons (Fsp3) is 0.300. The van der Waals surface area contributed by atoms with Gasteiger partial charge in [-0.3, -0.25) is 4.79 Å². The highest BCUT2D eigenvalue weighted by Gasteiger charge is 2.56. The molecule has 0 bridgehead atoms. The number of carbonyl (C=O) groups is 1. The predicted octanol–water partition coefficient (Wildman–Crippen LogP) is -0.0853. The lowest BCUT2D eigenvalue weighted by atomic mass is 9.46. The van der Waals surface area contributed by atoms with E-state index in [1.54, 1.807) is 41.5 Å². The number of aromatic nitrogens is 3. The van der Waals surface area contributed by atoms with Crippen LogP contribution in [0.1, 0.15) is 26.3 Å². The maximum atomic E-state index is 13.6. The van der Waals surface area contributed by atoms with Crippen molar-refractivity contribution in [1.29, 1.82) is 5.26 Å². The molecule has 8 nitrogen and oxygen atoms in total. The zero-order valence-corrected chi connectivity index (χ0v) is 19.7. The van der Waals surface area contributed by atoms with Crippen LogP contribution in [0.15, 0.2) is 30.6 Å². The number of rotatable bonds is 2. The number of morpholine rings is 1. The highest BCUT2D eigenvalue weighted by molar-refractivity contribution is 6.46. The molecule has 1 atom stereocenters. The summed E-state index contributed by atoms with van der Waals surface area (Å²) < 4.78 is 7.78. The van der Waals surface area contributed by atoms with E-state index in [4.69, 9.17) is 22.1 Å². The van der Waals surface area contributed by atoms with Gasteiger partial charge in [0.25, 0.3) is 5.91 Å². The molecule has 3 heterocycles. The predicted molar refractivity (Wildman–Crippen MR) is 132 cm³/mol. The van der Waals surface area contributed by atoms with Gasteiger partial charge in [-0.25, -0.2) is 9.50 Å². The van der Waals surface area contributed by atoms with Crippen molar-refractivity contribution in [2.24, 2.45) is 0 Å². The first kappa shape index (κ1) is 22.2. The lowest BCUT2D eigenvalue weighted by Crippen LogP contribution is -2.76. The molecule has 1 unspecified atom stereocenters. The minimum absolute atomic E-state index is 0.222. The van der Waals surface area contributed by atoms with Gasteiger partial charge in [0.1, 0.15) is 47.1 Å². The van der Waals surface area contributed by atoms with Crippen LogP contribution in [0.5, 0.6) is 0 Å². The van der Waals surface area contributed by atoms with E-state index in [9.17, 15) is 10.1 Å². The number of nitrogen functional groups attached to an aromatic ring is 1. The average Bonchev–Trinajstić information content (AvgIpc) is 3.04. The molecular formula is C20H22B3ClN6O2. The molecule has 0 spiro atoms. The topological polar surface area (TPSA) is 110 Å². The minimum atomic E-state index is -1.06. The zero-order chi connectivity index (χ0) is 23.6. The van der Waals surface area contributed by atoms with Gasteiger partial charge in [0.05, 0.1) is 22.0 Å². The fourth-order valence-electron chi connectivity index (χ4n) is 4.21. The third-order valence-electron chi connectivity index (χ3n) is 6.45. The highest BCUT2D eigenvalue weighted by Crippen LogP contribution is 2.42. The number of hydrogen-bond donors (Lipinski definition) is 1. The van der Waals surface area contributed by atoms with Crippen molar-refractivity contribution in [3.63, 3.8) is 0 Å². The summed E-state index contributed by atoms with van der Waals surface area (Å²) in [5.41, 5.74) is 6.96. The quantitative estimate of drug-likeness (QED) is 0.552. The molecule has 1 aliphatic rings. The minimum Gasteiger partial charge on any atom is -0.382 e. The third-order valence-corrected chi connectivity index (χ3v) is 6.74. The van der Waals surface area contributed by atoms with Crippen molar-refractivity contribution in [3.8, 4) is 17.3 Å². The van der Waals surface area contributed by atoms with Gasteiger partial charge < -0.3 is 15.4 Å². The van der Waals surface area contributed by atoms with Crippen molar-refractivity contribution < 1.29 is 9.53 Å². The lowest BCUT2D eigenvalue weighted by Gasteiger charge is -2.58. The van der Waals surface area contributed by atoms with E-state index in [0.29, 0.717) is 27.5 Å². The Labute approximate surface area is 193 Å². The van der Waals surface area contributed by atoms with Crippen LogP contribution in [0.25, 0.3) is 16.8 Å². The SMILES string of the molecule is BC1(B)OC(C)(C)C(=O)N(c2cc(-c3cc(Cl)c4c(N)ncnn34)ccc2C#N)C1(B)C. The van der Waals surface area contributed by atoms with E-state index in [2.05, 4.69) is 16.2 Å². The van der Waals surface area contributed by atoms with Crippen LogP contribution < -0.4 is 10.6 Å². The number of nitriles is 1. The first-order chi connectivity index (χ1) is 14.8. The van der Waals surface area contributed by atoms with E-state index in [1.165, 1.54) is 6.33 Å². The van der Waals surface area contributed by atoms with Gasteiger partial charge in [-0.1, -0.05) is 17.7 Å². The second-order valence-corrected chi connectivity index (χ2v) is 9.86. The molecule has 160 valence electrons. The van der Waals surface area contributed by atoms with Gasteiger partial charge in [0.15, 0.2) is 5.82 Å². The van der Waals surface area contributed by atoms with Crippen molar-refractivity contribution in [2.45, 2.75) is 37.2 Å². The summed E-state index contributed by atoms with van der Waals surface area (Å²) in [5, 5.41) is 13.9. The molecule has 1 saturated heterocycles. The lowest BCUT2D eigenvalue weighted by molar-refractivity contribution is -0.158. The Morgan fingerprint density at radius 1 is 1.22 bits per heavy atom. The van der Waals surface area contributed by atoms with Gasteiger partial charge in [-0.15, -0.1) is 0 Å². The number of nitrogens with two attached hydrogens (primary N) is 1. The summed E-state index contributed by atoms with van der Waals surface area (Å²) in [6.07, 6.45) is 1.35. The van der Waals surface area contributed by atoms with Gasteiger partial charge in [-0.2, -0.15) is 10.4 Å². The van der Waals surface area contributed by atoms with Crippen LogP contribution in [-0.4, -0.2) is 60.5 Å². The van der Waals surface area contributed by atoms with E-state index in [-0.39, 0.29) is 11.7 Å². The Bertz CT molecular complexity index is 1310. The monoisotopic (exact) mass is 446 g/mol. The fourth-order valence-corrected chi connectivity index (χ4v) is 4.49. The van der Waals surface area contributed by atoms with E-state index in [0.717, 1.165) is 5.56 Å². The molecule has 1 fully saturated rings. The second kappa shape index (κ2) is 7.02. The third kappa shape index (κ3) is 3.09. The van der Waals surface area contributed by atoms with Crippen molar-refractivity contribution >= 4 is 58.1 Å². The molecule has 1 aliphatic heterocycles. The van der Waals surface area contributed by atoms with Crippen LogP contribution in [0.4, 0.5) is 11.5 Å². The molecule has 32 heavy (non-hydrogen) atoms. The molecule has 12 heteroatoms. The van der Waals surface area contributed by atoms with Crippen LogP contribution in [0.2, 0.25) is 5.02 Å². The Balaban J connectivity index is 1.98. The van der Waals surface area contributed by atoms with Gasteiger partial charge >= 0.3 is 0 Å². The molecule has 0 radical (unpaired) electrons. The van der Waals surface area contributed by atoms with Crippen molar-refractivity contribution in [2.75, 3.05) is 10.6 Å². The number of halogens is 1. The Kier molecular flexibility index (Phi) is 4.88. The number of carbonyl (C=O) groups excluding carboxylic acids is 1. The number of amides is 1. The Morgan fingerprint density at radius 3 is 2.56 bits per heavy atom. The summed E-state index contributed by atoms with van der Waals surface area (Å²) in [5.74, 6) is 0.0400. The van der Waals surface area contributed by atoms with Gasteiger partial charge in [-0.05, 0) is 39.0 Å². The van der Waals surface area contributed by atoms with E-state index in [1.807, 2.05) is 36.5 Å². The number of nitrogens with zero attached hydrogens (tertiary/aromatic N) is 5. The Hall–Kier alpha value is -2.96. The normalized spacial score (nSPS) is 22.1. The average molecular weight is 446 g/mol. The zero-order valence-electron chi connectivity index (χ0n) is 18.9. The Morgan fingerprint density at radius 2 is 1.91 bits per heavy atom. The molecule has 0 saturated carbocycles. The van der Waals surface area contributed by atoms with Crippen LogP contribution in [0, 0.1) is 11.3 Å². The number of fused-ring (bicyclic) bond motifs is 1. The summed E-state index contributed by atoms with van der Waals surface area (Å²) in [7, 11) is 5.83. The van der Waals surface area contributed by atoms with E-state index >= 15 is 0 Å². The summed E-state index contributed by atoms with van der Waals surface area (Å²) in [6, 6.07) is 9.27. The molecule has 4 rings (SSSR count). The molecular weight excluding hydrogens is 424 g/mol. The summed E-state index contributed by atoms with van der Waals surface area (Å²) in [4.78, 5) is 19.2. The number of anilines is 2. The second-order valence-electron chi connectivity index (χ2n) is 9.45. The van der Waals surface area contributed by atoms with Crippen molar-refractivity contribution in [1.82, 2.24) is 14.6 Å². The maximum absolute atomic E-state index is 13.6. The molecule has 2 N–H and O–H groups in total. The van der Waals surface area contributed by atoms with Crippen LogP contribution >= 0.6 is 11.6 Å². The van der Waals surface area contributed by atoms with E-state index < -0.39 is 16.4 Å². The smallest absolute Gasteiger partial charge is 0.258 e. The summed E-state index contributed by atoms with van der Waals surface area (Å²) in [6.45, 7) is 5.43. The standard InChI is InChI=1S/C20H22B3ClN6O2/c1-18(2)17(31)29(19(3,21)20(22,23)32-18)13-6-10(4-5-11(13)8-25)14-7-12(24)15-16(26)27-9-28-30(14)15/h4-7,9H,21-23H2,1-3H3,(H2,26,27,28). The molecule has 0 aliphatic carbocycles. The van der Waals surface area contributed by atoms with Crippen LogP contribution in [-0.2, 0) is 9.53 Å². The maximum Gasteiger partial charge on any atom is 0.258 e. The molecule has 1 aromatic carbocycles. The number of ether oxygens (including phenoxy) is 1. The van der Waals surface area contributed by atoms with Crippen LogP contribution in [0.3, 0.4) is 0 Å². The number of benzene rings is 1. The molecule has 1 amide bonds. The largest absolute Gasteiger partial charge is 0.382 e. The molecule has 3 aromatic rings. The highest BCUT2D eigenvalue weighted by atomic mass is 35.5. The van der Waals surface area contributed by atoms with Gasteiger partial charge in [0.2, 0.25) is 0 Å². The summed E-state index contributed by atoms with van der Waals surface area (Å²) >= 11 is 6.41.